The summed E-state index contributed by atoms with van der Waals surface area (Å²) in [6.45, 7) is 34.8. The van der Waals surface area contributed by atoms with Crippen molar-refractivity contribution in [3.8, 4) is 0 Å². The number of nitrogens with zero attached hydrogens (tertiary/aromatic N) is 1. The van der Waals surface area contributed by atoms with Crippen molar-refractivity contribution in [1.29, 1.82) is 0 Å². The van der Waals surface area contributed by atoms with Crippen LogP contribution in [0.1, 0.15) is 213 Å². The number of ether oxygens (including phenoxy) is 8. The molecule has 0 heterocycles. The molecule has 0 spiro atoms. The molecule has 5 aliphatic carbocycles. The highest BCUT2D eigenvalue weighted by atomic mass is 16.6. The number of aliphatic hydroxyl groups excluding tert-OH is 4. The lowest BCUT2D eigenvalue weighted by atomic mass is 9.73. The van der Waals surface area contributed by atoms with Gasteiger partial charge in [0.1, 0.15) is 17.3 Å². The minimum absolute atomic E-state index is 0.0612. The van der Waals surface area contributed by atoms with E-state index in [0.717, 1.165) is 79.2 Å². The van der Waals surface area contributed by atoms with E-state index < -0.39 is 83.0 Å². The van der Waals surface area contributed by atoms with Crippen molar-refractivity contribution >= 4 is 23.8 Å². The molecule has 23 heteroatoms. The number of hydrogen-bond acceptors (Lipinski definition) is 20. The van der Waals surface area contributed by atoms with Gasteiger partial charge in [-0.25, -0.2) is 14.4 Å². The van der Waals surface area contributed by atoms with Crippen molar-refractivity contribution in [3.05, 3.63) is 219 Å². The van der Waals surface area contributed by atoms with Gasteiger partial charge >= 0.3 is 18.2 Å². The Bertz CT molecular complexity index is 3720. The van der Waals surface area contributed by atoms with Gasteiger partial charge in [0.2, 0.25) is 0 Å². The molecule has 2 amide bonds. The molecular formula is C97H144N6O17. The van der Waals surface area contributed by atoms with Gasteiger partial charge in [-0.3, -0.25) is 10.1 Å². The summed E-state index contributed by atoms with van der Waals surface area (Å²) in [5.74, 6) is 2.90. The molecule has 6 aromatic carbocycles. The summed E-state index contributed by atoms with van der Waals surface area (Å²) in [7, 11) is 0. The fourth-order valence-corrected chi connectivity index (χ4v) is 17.6. The van der Waals surface area contributed by atoms with Crippen LogP contribution < -0.4 is 27.8 Å². The molecule has 664 valence electrons. The fraction of sp³-hybridized carbons (Fsp3) is 0.598. The first-order chi connectivity index (χ1) is 57.1. The van der Waals surface area contributed by atoms with Gasteiger partial charge in [-0.1, -0.05) is 253 Å². The molecule has 0 saturated heterocycles. The molecule has 5 saturated carbocycles. The predicted octanol–water partition coefficient (Wildman–Crippen LogP) is 16.5. The lowest BCUT2D eigenvalue weighted by molar-refractivity contribution is -0.384. The van der Waals surface area contributed by atoms with Crippen LogP contribution in [0, 0.1) is 69.3 Å². The zero-order valence-corrected chi connectivity index (χ0v) is 74.1. The van der Waals surface area contributed by atoms with E-state index in [0.29, 0.717) is 87.3 Å². The number of alkyl carbamates (subject to hydrolysis) is 2. The van der Waals surface area contributed by atoms with Gasteiger partial charge in [-0.2, -0.15) is 0 Å². The Hall–Kier alpha value is -7.75. The van der Waals surface area contributed by atoms with Crippen LogP contribution in [0.4, 0.5) is 15.3 Å². The molecule has 120 heavy (non-hydrogen) atoms. The number of nitro groups is 1. The number of hydrogen-bond donors (Lipinski definition) is 9. The third-order valence-electron chi connectivity index (χ3n) is 25.0. The number of rotatable bonds is 25. The number of nitrogens with two attached hydrogens (primary N) is 3. The molecule has 0 bridgehead atoms. The molecule has 11 rings (SSSR count). The molecule has 5 aliphatic rings. The molecule has 5 fully saturated rings. The Morgan fingerprint density at radius 3 is 0.908 bits per heavy atom. The monoisotopic (exact) mass is 1670 g/mol. The number of nitro benzene ring substituents is 1. The van der Waals surface area contributed by atoms with Gasteiger partial charge in [0.25, 0.3) is 5.69 Å². The zero-order chi connectivity index (χ0) is 88.0. The minimum Gasteiger partial charge on any atom is -0.456 e. The highest BCUT2D eigenvalue weighted by Crippen LogP contribution is 2.41. The number of carbonyl (C=O) groups is 3. The van der Waals surface area contributed by atoms with Crippen LogP contribution in [-0.4, -0.2) is 146 Å². The van der Waals surface area contributed by atoms with E-state index in [2.05, 4.69) is 79.9 Å². The number of non-ortho nitro benzene ring substituents is 1. The first kappa shape index (κ1) is 99.4. The number of amides is 2. The van der Waals surface area contributed by atoms with Crippen molar-refractivity contribution in [2.24, 2.45) is 76.4 Å². The molecule has 25 atom stereocenters. The quantitative estimate of drug-likeness (QED) is 0.0111. The summed E-state index contributed by atoms with van der Waals surface area (Å²) in [6, 6.07) is 53.3. The van der Waals surface area contributed by atoms with Crippen LogP contribution in [0.5, 0.6) is 0 Å². The van der Waals surface area contributed by atoms with E-state index in [-0.39, 0.29) is 71.5 Å². The van der Waals surface area contributed by atoms with Crippen molar-refractivity contribution in [2.75, 3.05) is 0 Å². The van der Waals surface area contributed by atoms with Gasteiger partial charge in [-0.15, -0.1) is 0 Å². The smallest absolute Gasteiger partial charge is 0.408 e. The standard InChI is InChI=1S/C28H36N2O7.C21H33NO4.3C16H25NO2/c1-6-20-16-23(36-26(31)21-12-14-22(15-13-21)30(33)34)24(29-27(32)37-28(3,4)5)25(18(20)2)35-17-19-10-8-7-9-11-19;1-6-16-12-17(23)18(22-20(24)26-21(3,4)5)19(14(16)2)25-13-15-10-8-7-9-11-15;3*1-3-13-9-14(18)15(17)16(11(13)2)19-10-12-7-5-4-6-8-12/h7-15,18,20,23-25H,6,16-17H2,1-5H3,(H,29,32);7-11,14,16-19,23H,6,12-13H2,1-5H3,(H,22,24);3*4-8,11,13-16,18H,3,9-10,17H2,1-2H3/t18-,20+,23-,24+,25+;14-,16+,17+,18+,19+;11-,13+,14+,15+,16+;2*11-,13+,14-,15+,16+/m11111/s1. The Kier molecular flexibility index (Phi) is 40.5. The molecule has 0 radical (unpaired) electrons. The predicted molar refractivity (Wildman–Crippen MR) is 469 cm³/mol. The molecule has 0 aliphatic heterocycles. The van der Waals surface area contributed by atoms with Crippen molar-refractivity contribution in [3.63, 3.8) is 0 Å². The summed E-state index contributed by atoms with van der Waals surface area (Å²) >= 11 is 0. The molecule has 0 unspecified atom stereocenters. The first-order valence-electron chi connectivity index (χ1n) is 43.8. The van der Waals surface area contributed by atoms with E-state index in [9.17, 15) is 44.9 Å². The van der Waals surface area contributed by atoms with Gasteiger partial charge in [0, 0.05) is 12.1 Å². The molecular weight excluding hydrogens is 1520 g/mol. The number of benzene rings is 6. The first-order valence-corrected chi connectivity index (χ1v) is 43.8. The maximum atomic E-state index is 13.0. The SMILES string of the molecule is CC[C@H]1C[C@@H](O)[C@H](N)[C@@H](OCc2ccccc2)[C@@H]1C.CC[C@H]1C[C@@H](O)[C@H](N)[C@@H](OCc2ccccc2)[C@@H]1C.CC[C@H]1C[C@@H](OC(=O)c2ccc([N+](=O)[O-])cc2)[C@H](NC(=O)OC(C)(C)C)[C@@H](OCc2ccccc2)[C@@H]1C.CC[C@H]1C[C@H](O)[C@H](N)[C@@H](OCc2ccccc2)[C@@H]1C.CC[C@H]1C[C@H](O)[C@H](NC(=O)OC(C)(C)C)[C@@H](OCc2ccccc2)[C@@H]1C. The van der Waals surface area contributed by atoms with Crippen LogP contribution in [0.3, 0.4) is 0 Å². The average Bonchev–Trinajstić information content (AvgIpc) is 0.794. The lowest BCUT2D eigenvalue weighted by Gasteiger charge is -2.45. The molecule has 12 N–H and O–H groups in total. The summed E-state index contributed by atoms with van der Waals surface area (Å²) in [4.78, 5) is 48.5. The van der Waals surface area contributed by atoms with Gasteiger partial charge < -0.3 is 86.2 Å². The molecule has 6 aromatic rings. The second-order valence-corrected chi connectivity index (χ2v) is 35.7. The van der Waals surface area contributed by atoms with E-state index in [4.69, 9.17) is 55.1 Å². The number of nitrogens with one attached hydrogen (secondary N) is 2. The average molecular weight is 1670 g/mol. The van der Waals surface area contributed by atoms with Crippen LogP contribution in [0.25, 0.3) is 0 Å². The van der Waals surface area contributed by atoms with Crippen LogP contribution >= 0.6 is 0 Å². The van der Waals surface area contributed by atoms with Crippen molar-refractivity contribution in [1.82, 2.24) is 10.6 Å². The second-order valence-electron chi connectivity index (χ2n) is 35.7. The van der Waals surface area contributed by atoms with Crippen molar-refractivity contribution < 1.29 is 77.6 Å². The van der Waals surface area contributed by atoms with Gasteiger partial charge in [-0.05, 0) is 173 Å². The Balaban J connectivity index is 0.000000213. The Morgan fingerprint density at radius 1 is 0.383 bits per heavy atom. The highest BCUT2D eigenvalue weighted by Gasteiger charge is 2.48. The third-order valence-corrected chi connectivity index (χ3v) is 25.0. The largest absolute Gasteiger partial charge is 0.456 e. The van der Waals surface area contributed by atoms with Crippen molar-refractivity contribution in [2.45, 2.75) is 310 Å². The van der Waals surface area contributed by atoms with Gasteiger partial charge in [0.15, 0.2) is 0 Å². The minimum atomic E-state index is -0.707. The third kappa shape index (κ3) is 30.6. The van der Waals surface area contributed by atoms with E-state index in [1.165, 1.54) is 24.3 Å². The van der Waals surface area contributed by atoms with E-state index >= 15 is 0 Å². The highest BCUT2D eigenvalue weighted by molar-refractivity contribution is 5.89. The molecule has 23 nitrogen and oxygen atoms in total. The molecule has 0 aromatic heterocycles. The van der Waals surface area contributed by atoms with Crippen LogP contribution in [0.15, 0.2) is 176 Å². The second kappa shape index (κ2) is 48.9. The Morgan fingerprint density at radius 2 is 0.633 bits per heavy atom. The summed E-state index contributed by atoms with van der Waals surface area (Å²) < 4.78 is 47.4. The summed E-state index contributed by atoms with van der Waals surface area (Å²) in [5, 5.41) is 57.6. The lowest BCUT2D eigenvalue weighted by Crippen LogP contribution is -2.60. The zero-order valence-electron chi connectivity index (χ0n) is 74.1. The number of esters is 1. The fourth-order valence-electron chi connectivity index (χ4n) is 17.6. The summed E-state index contributed by atoms with van der Waals surface area (Å²) in [5.41, 5.74) is 22.6. The van der Waals surface area contributed by atoms with Crippen LogP contribution in [-0.2, 0) is 70.9 Å². The summed E-state index contributed by atoms with van der Waals surface area (Å²) in [6.07, 6.45) is 3.90. The van der Waals surface area contributed by atoms with E-state index in [1.54, 1.807) is 20.8 Å². The van der Waals surface area contributed by atoms with Crippen LogP contribution in [0.2, 0.25) is 0 Å². The van der Waals surface area contributed by atoms with E-state index in [1.807, 2.05) is 172 Å². The topological polar surface area (TPSA) is 351 Å². The normalized spacial score (nSPS) is 30.4. The number of aliphatic hydroxyl groups is 4. The van der Waals surface area contributed by atoms with Gasteiger partial charge in [0.05, 0.1) is 129 Å². The number of carbonyl (C=O) groups excluding carboxylic acids is 3. The Labute approximate surface area is 714 Å². The maximum absolute atomic E-state index is 13.0. The maximum Gasteiger partial charge on any atom is 0.408 e.